The standard InChI is InChI=1S/C9H19O5P/c1-4-5-6-14-8(10)7-9(2,3)15(11,12)13/h4-7H2,1-3H3,(H2,11,12,13). The highest BCUT2D eigenvalue weighted by Gasteiger charge is 2.40. The van der Waals surface area contributed by atoms with Crippen LogP contribution < -0.4 is 0 Å². The number of carbonyl (C=O) groups excluding carboxylic acids is 1. The van der Waals surface area contributed by atoms with Gasteiger partial charge in [0.25, 0.3) is 0 Å². The highest BCUT2D eigenvalue weighted by Crippen LogP contribution is 2.51. The molecule has 0 heterocycles. The Labute approximate surface area is 90.0 Å². The Morgan fingerprint density at radius 1 is 1.40 bits per heavy atom. The van der Waals surface area contributed by atoms with Gasteiger partial charge in [0, 0.05) is 0 Å². The highest BCUT2D eigenvalue weighted by atomic mass is 31.2. The summed E-state index contributed by atoms with van der Waals surface area (Å²) in [6.07, 6.45) is 1.41. The molecule has 0 radical (unpaired) electrons. The van der Waals surface area contributed by atoms with E-state index >= 15 is 0 Å². The molecule has 5 nitrogen and oxygen atoms in total. The summed E-state index contributed by atoms with van der Waals surface area (Å²) in [5, 5.41) is -1.35. The molecule has 0 rings (SSSR count). The maximum atomic E-state index is 11.2. The first-order valence-corrected chi connectivity index (χ1v) is 6.53. The summed E-state index contributed by atoms with van der Waals surface area (Å²) >= 11 is 0. The second-order valence-electron chi connectivity index (χ2n) is 4.11. The quantitative estimate of drug-likeness (QED) is 0.418. The van der Waals surface area contributed by atoms with Crippen LogP contribution in [-0.2, 0) is 14.1 Å². The third kappa shape index (κ3) is 5.30. The van der Waals surface area contributed by atoms with Crippen LogP contribution in [0, 0.1) is 0 Å². The van der Waals surface area contributed by atoms with Crippen molar-refractivity contribution in [3.63, 3.8) is 0 Å². The Morgan fingerprint density at radius 2 is 1.93 bits per heavy atom. The fourth-order valence-electron chi connectivity index (χ4n) is 0.838. The maximum absolute atomic E-state index is 11.2. The Balaban J connectivity index is 4.12. The van der Waals surface area contributed by atoms with Crippen LogP contribution in [0.2, 0.25) is 0 Å². The van der Waals surface area contributed by atoms with Crippen LogP contribution in [0.4, 0.5) is 0 Å². The maximum Gasteiger partial charge on any atom is 0.331 e. The van der Waals surface area contributed by atoms with Gasteiger partial charge in [0.2, 0.25) is 0 Å². The highest BCUT2D eigenvalue weighted by molar-refractivity contribution is 7.53. The minimum Gasteiger partial charge on any atom is -0.466 e. The lowest BCUT2D eigenvalue weighted by molar-refractivity contribution is -0.144. The molecule has 0 aromatic rings. The van der Waals surface area contributed by atoms with Crippen molar-refractivity contribution >= 4 is 13.6 Å². The second kappa shape index (κ2) is 5.64. The van der Waals surface area contributed by atoms with E-state index < -0.39 is 18.7 Å². The van der Waals surface area contributed by atoms with Crippen LogP contribution in [-0.4, -0.2) is 27.5 Å². The number of hydrogen-bond donors (Lipinski definition) is 2. The topological polar surface area (TPSA) is 83.8 Å². The molecule has 0 aliphatic heterocycles. The van der Waals surface area contributed by atoms with Gasteiger partial charge in [-0.25, -0.2) is 0 Å². The SMILES string of the molecule is CCCCOC(=O)CC(C)(C)P(=O)(O)O. The predicted molar refractivity (Wildman–Crippen MR) is 56.6 cm³/mol. The van der Waals surface area contributed by atoms with Crippen molar-refractivity contribution in [3.8, 4) is 0 Å². The lowest BCUT2D eigenvalue weighted by Crippen LogP contribution is -2.25. The molecule has 0 aliphatic carbocycles. The largest absolute Gasteiger partial charge is 0.466 e. The summed E-state index contributed by atoms with van der Waals surface area (Å²) in [6.45, 7) is 4.99. The first-order valence-electron chi connectivity index (χ1n) is 4.92. The van der Waals surface area contributed by atoms with Crippen LogP contribution in [0.5, 0.6) is 0 Å². The van der Waals surface area contributed by atoms with Crippen molar-refractivity contribution in [2.24, 2.45) is 0 Å². The van der Waals surface area contributed by atoms with E-state index in [0.717, 1.165) is 12.8 Å². The Hall–Kier alpha value is -0.380. The van der Waals surface area contributed by atoms with Crippen LogP contribution in [0.1, 0.15) is 40.0 Å². The van der Waals surface area contributed by atoms with Gasteiger partial charge in [0.15, 0.2) is 0 Å². The molecule has 0 fully saturated rings. The molecule has 0 bridgehead atoms. The van der Waals surface area contributed by atoms with Crippen molar-refractivity contribution in [1.82, 2.24) is 0 Å². The van der Waals surface area contributed by atoms with E-state index in [9.17, 15) is 9.36 Å². The van der Waals surface area contributed by atoms with Gasteiger partial charge in [-0.05, 0) is 20.3 Å². The molecule has 0 saturated heterocycles. The molecular weight excluding hydrogens is 219 g/mol. The zero-order valence-electron chi connectivity index (χ0n) is 9.39. The molecule has 0 unspecified atom stereocenters. The number of hydrogen-bond acceptors (Lipinski definition) is 3. The van der Waals surface area contributed by atoms with Crippen molar-refractivity contribution in [2.45, 2.75) is 45.2 Å². The van der Waals surface area contributed by atoms with Gasteiger partial charge >= 0.3 is 13.6 Å². The number of esters is 1. The van der Waals surface area contributed by atoms with Crippen LogP contribution in [0.15, 0.2) is 0 Å². The van der Waals surface area contributed by atoms with E-state index in [-0.39, 0.29) is 6.42 Å². The zero-order valence-corrected chi connectivity index (χ0v) is 10.3. The minimum absolute atomic E-state index is 0.263. The van der Waals surface area contributed by atoms with E-state index in [1.165, 1.54) is 13.8 Å². The van der Waals surface area contributed by atoms with Gasteiger partial charge in [0.1, 0.15) is 0 Å². The van der Waals surface area contributed by atoms with E-state index in [1.54, 1.807) is 0 Å². The third-order valence-electron chi connectivity index (χ3n) is 2.13. The van der Waals surface area contributed by atoms with Gasteiger partial charge in [0.05, 0.1) is 18.2 Å². The molecular formula is C9H19O5P. The summed E-state index contributed by atoms with van der Waals surface area (Å²) in [4.78, 5) is 29.2. The Bertz CT molecular complexity index is 255. The van der Waals surface area contributed by atoms with Crippen molar-refractivity contribution < 1.29 is 23.9 Å². The lowest BCUT2D eigenvalue weighted by Gasteiger charge is -2.24. The summed E-state index contributed by atoms with van der Waals surface area (Å²) in [5.74, 6) is -0.559. The fourth-order valence-corrected chi connectivity index (χ4v) is 1.17. The molecule has 0 aromatic heterocycles. The van der Waals surface area contributed by atoms with Gasteiger partial charge in [-0.15, -0.1) is 0 Å². The third-order valence-corrected chi connectivity index (χ3v) is 3.86. The van der Waals surface area contributed by atoms with Gasteiger partial charge in [-0.3, -0.25) is 9.36 Å². The molecule has 0 amide bonds. The van der Waals surface area contributed by atoms with Crippen molar-refractivity contribution in [1.29, 1.82) is 0 Å². The zero-order chi connectivity index (χ0) is 12.1. The van der Waals surface area contributed by atoms with E-state index in [1.807, 2.05) is 6.92 Å². The summed E-state index contributed by atoms with van der Waals surface area (Å²) in [5.41, 5.74) is 0. The number of ether oxygens (including phenoxy) is 1. The summed E-state index contributed by atoms with van der Waals surface area (Å²) in [7, 11) is -4.26. The molecule has 2 N–H and O–H groups in total. The molecule has 0 saturated carbocycles. The first-order chi connectivity index (χ1) is 6.70. The van der Waals surface area contributed by atoms with Crippen molar-refractivity contribution in [3.05, 3.63) is 0 Å². The average molecular weight is 238 g/mol. The smallest absolute Gasteiger partial charge is 0.331 e. The second-order valence-corrected chi connectivity index (χ2v) is 6.41. The minimum atomic E-state index is -4.26. The van der Waals surface area contributed by atoms with Gasteiger partial charge < -0.3 is 14.5 Å². The normalized spacial score (nSPS) is 12.6. The monoisotopic (exact) mass is 238 g/mol. The van der Waals surface area contributed by atoms with Crippen LogP contribution in [0.25, 0.3) is 0 Å². The molecule has 0 aromatic carbocycles. The molecule has 15 heavy (non-hydrogen) atoms. The summed E-state index contributed by atoms with van der Waals surface area (Å²) < 4.78 is 15.8. The van der Waals surface area contributed by atoms with E-state index in [4.69, 9.17) is 14.5 Å². The predicted octanol–water partition coefficient (Wildman–Crippen LogP) is 1.68. The molecule has 6 heteroatoms. The lowest BCUT2D eigenvalue weighted by atomic mass is 10.1. The van der Waals surface area contributed by atoms with E-state index in [2.05, 4.69) is 0 Å². The number of carbonyl (C=O) groups is 1. The molecule has 0 spiro atoms. The number of rotatable bonds is 6. The van der Waals surface area contributed by atoms with Gasteiger partial charge in [-0.2, -0.15) is 0 Å². The molecule has 0 aliphatic rings. The van der Waals surface area contributed by atoms with Crippen LogP contribution >= 0.6 is 7.60 Å². The average Bonchev–Trinajstić information content (AvgIpc) is 2.01. The fraction of sp³-hybridized carbons (Fsp3) is 0.889. The van der Waals surface area contributed by atoms with Gasteiger partial charge in [-0.1, -0.05) is 13.3 Å². The molecule has 0 atom stereocenters. The van der Waals surface area contributed by atoms with Crippen molar-refractivity contribution in [2.75, 3.05) is 6.61 Å². The van der Waals surface area contributed by atoms with Crippen LogP contribution in [0.3, 0.4) is 0 Å². The number of unbranched alkanes of at least 4 members (excludes halogenated alkanes) is 1. The van der Waals surface area contributed by atoms with E-state index in [0.29, 0.717) is 6.61 Å². The Kier molecular flexibility index (Phi) is 5.49. The first kappa shape index (κ1) is 14.6. The summed E-state index contributed by atoms with van der Waals surface area (Å²) in [6, 6.07) is 0. The molecule has 90 valence electrons. The Morgan fingerprint density at radius 3 is 2.33 bits per heavy atom.